The van der Waals surface area contributed by atoms with Gasteiger partial charge in [-0.1, -0.05) is 11.6 Å². The fourth-order valence-corrected chi connectivity index (χ4v) is 2.18. The van der Waals surface area contributed by atoms with E-state index in [1.54, 1.807) is 13.2 Å². The molecule has 2 aromatic rings. The molecule has 0 atom stereocenters. The van der Waals surface area contributed by atoms with Crippen LogP contribution in [0.2, 0.25) is 5.02 Å². The number of aromatic nitrogens is 2. The SMILES string of the molecule is COc1ccc(-c2nc(C)n(C)c2CN)c(Cl)c1. The number of rotatable bonds is 3. The summed E-state index contributed by atoms with van der Waals surface area (Å²) < 4.78 is 7.12. The van der Waals surface area contributed by atoms with E-state index in [4.69, 9.17) is 22.1 Å². The van der Waals surface area contributed by atoms with Crippen LogP contribution in [-0.2, 0) is 13.6 Å². The average Bonchev–Trinajstić information content (AvgIpc) is 2.65. The fraction of sp³-hybridized carbons (Fsp3) is 0.308. The van der Waals surface area contributed by atoms with Crippen LogP contribution in [0.25, 0.3) is 11.3 Å². The summed E-state index contributed by atoms with van der Waals surface area (Å²) >= 11 is 6.26. The molecule has 1 aromatic heterocycles. The molecule has 18 heavy (non-hydrogen) atoms. The van der Waals surface area contributed by atoms with Crippen LogP contribution in [0, 0.1) is 6.92 Å². The molecule has 0 spiro atoms. The molecular formula is C13H16ClN3O. The molecule has 0 unspecified atom stereocenters. The number of halogens is 1. The Kier molecular flexibility index (Phi) is 3.59. The zero-order chi connectivity index (χ0) is 13.3. The van der Waals surface area contributed by atoms with Crippen molar-refractivity contribution < 1.29 is 4.74 Å². The summed E-state index contributed by atoms with van der Waals surface area (Å²) in [5.74, 6) is 1.64. The first-order valence-electron chi connectivity index (χ1n) is 5.64. The summed E-state index contributed by atoms with van der Waals surface area (Å²) in [6.07, 6.45) is 0. The van der Waals surface area contributed by atoms with E-state index in [0.717, 1.165) is 28.5 Å². The highest BCUT2D eigenvalue weighted by Gasteiger charge is 2.15. The van der Waals surface area contributed by atoms with E-state index in [1.165, 1.54) is 0 Å². The van der Waals surface area contributed by atoms with Gasteiger partial charge in [-0.15, -0.1) is 0 Å². The van der Waals surface area contributed by atoms with E-state index in [9.17, 15) is 0 Å². The minimum atomic E-state index is 0.426. The summed E-state index contributed by atoms with van der Waals surface area (Å²) in [6.45, 7) is 2.37. The molecule has 2 N–H and O–H groups in total. The van der Waals surface area contributed by atoms with Crippen molar-refractivity contribution in [3.8, 4) is 17.0 Å². The monoisotopic (exact) mass is 265 g/mol. The second-order valence-electron chi connectivity index (χ2n) is 4.06. The second-order valence-corrected chi connectivity index (χ2v) is 4.47. The third-order valence-corrected chi connectivity index (χ3v) is 3.37. The van der Waals surface area contributed by atoms with E-state index in [0.29, 0.717) is 11.6 Å². The van der Waals surface area contributed by atoms with Gasteiger partial charge in [0, 0.05) is 19.2 Å². The Labute approximate surface area is 111 Å². The minimum Gasteiger partial charge on any atom is -0.497 e. The molecule has 0 saturated carbocycles. The summed E-state index contributed by atoms with van der Waals surface area (Å²) in [5.41, 5.74) is 8.47. The van der Waals surface area contributed by atoms with E-state index in [2.05, 4.69) is 4.98 Å². The van der Waals surface area contributed by atoms with Crippen LogP contribution in [-0.4, -0.2) is 16.7 Å². The van der Waals surface area contributed by atoms with Crippen LogP contribution < -0.4 is 10.5 Å². The van der Waals surface area contributed by atoms with Gasteiger partial charge in [0.1, 0.15) is 11.6 Å². The number of nitrogens with two attached hydrogens (primary N) is 1. The number of methoxy groups -OCH3 is 1. The van der Waals surface area contributed by atoms with Gasteiger partial charge in [-0.3, -0.25) is 0 Å². The molecule has 0 fully saturated rings. The average molecular weight is 266 g/mol. The van der Waals surface area contributed by atoms with Gasteiger partial charge in [0.05, 0.1) is 23.5 Å². The first kappa shape index (κ1) is 12.9. The first-order valence-corrected chi connectivity index (χ1v) is 6.02. The van der Waals surface area contributed by atoms with Gasteiger partial charge >= 0.3 is 0 Å². The van der Waals surface area contributed by atoms with E-state index in [1.807, 2.05) is 30.7 Å². The van der Waals surface area contributed by atoms with Crippen molar-refractivity contribution in [3.63, 3.8) is 0 Å². The fourth-order valence-electron chi connectivity index (χ4n) is 1.92. The molecule has 0 aliphatic heterocycles. The molecule has 1 heterocycles. The molecule has 0 bridgehead atoms. The Morgan fingerprint density at radius 3 is 2.72 bits per heavy atom. The Bertz CT molecular complexity index is 578. The quantitative estimate of drug-likeness (QED) is 0.928. The summed E-state index contributed by atoms with van der Waals surface area (Å²) in [5, 5.41) is 0.613. The van der Waals surface area contributed by atoms with E-state index in [-0.39, 0.29) is 0 Å². The molecule has 4 nitrogen and oxygen atoms in total. The summed E-state index contributed by atoms with van der Waals surface area (Å²) in [7, 11) is 3.56. The van der Waals surface area contributed by atoms with E-state index >= 15 is 0 Å². The van der Waals surface area contributed by atoms with Gasteiger partial charge in [0.15, 0.2) is 0 Å². The zero-order valence-corrected chi connectivity index (χ0v) is 11.5. The number of aryl methyl sites for hydroxylation is 1. The summed E-state index contributed by atoms with van der Waals surface area (Å²) in [4.78, 5) is 4.53. The van der Waals surface area contributed by atoms with Gasteiger partial charge in [-0.25, -0.2) is 4.98 Å². The summed E-state index contributed by atoms with van der Waals surface area (Å²) in [6, 6.07) is 5.55. The molecule has 1 aromatic carbocycles. The number of hydrogen-bond acceptors (Lipinski definition) is 3. The number of hydrogen-bond donors (Lipinski definition) is 1. The zero-order valence-electron chi connectivity index (χ0n) is 10.7. The maximum absolute atomic E-state index is 6.26. The van der Waals surface area contributed by atoms with Gasteiger partial charge in [-0.2, -0.15) is 0 Å². The predicted octanol–water partition coefficient (Wildman–Crippen LogP) is 2.52. The number of ether oxygens (including phenoxy) is 1. The van der Waals surface area contributed by atoms with Crippen LogP contribution in [0.3, 0.4) is 0 Å². The maximum Gasteiger partial charge on any atom is 0.120 e. The van der Waals surface area contributed by atoms with Gasteiger partial charge in [-0.05, 0) is 25.1 Å². The van der Waals surface area contributed by atoms with Crippen molar-refractivity contribution in [2.75, 3.05) is 7.11 Å². The molecule has 2 rings (SSSR count). The number of nitrogens with zero attached hydrogens (tertiary/aromatic N) is 2. The lowest BCUT2D eigenvalue weighted by Gasteiger charge is -2.07. The Morgan fingerprint density at radius 1 is 1.44 bits per heavy atom. The third-order valence-electron chi connectivity index (χ3n) is 3.06. The van der Waals surface area contributed by atoms with Crippen LogP contribution >= 0.6 is 11.6 Å². The molecule has 0 aliphatic rings. The second kappa shape index (κ2) is 5.00. The highest BCUT2D eigenvalue weighted by molar-refractivity contribution is 6.33. The first-order chi connectivity index (χ1) is 8.58. The Balaban J connectivity index is 2.58. The van der Waals surface area contributed by atoms with Crippen molar-refractivity contribution in [1.29, 1.82) is 0 Å². The van der Waals surface area contributed by atoms with Crippen LogP contribution in [0.5, 0.6) is 5.75 Å². The molecule has 0 aliphatic carbocycles. The topological polar surface area (TPSA) is 53.1 Å². The number of imidazole rings is 1. The normalized spacial score (nSPS) is 10.7. The lowest BCUT2D eigenvalue weighted by molar-refractivity contribution is 0.415. The molecule has 5 heteroatoms. The minimum absolute atomic E-state index is 0.426. The number of benzene rings is 1. The lowest BCUT2D eigenvalue weighted by Crippen LogP contribution is -2.05. The van der Waals surface area contributed by atoms with Crippen molar-refractivity contribution in [2.45, 2.75) is 13.5 Å². The Hall–Kier alpha value is -1.52. The van der Waals surface area contributed by atoms with Crippen molar-refractivity contribution in [1.82, 2.24) is 9.55 Å². The van der Waals surface area contributed by atoms with Gasteiger partial charge in [0.2, 0.25) is 0 Å². The molecule has 0 amide bonds. The predicted molar refractivity (Wildman–Crippen MR) is 72.8 cm³/mol. The smallest absolute Gasteiger partial charge is 0.120 e. The molecule has 0 saturated heterocycles. The largest absolute Gasteiger partial charge is 0.497 e. The Morgan fingerprint density at radius 2 is 2.17 bits per heavy atom. The van der Waals surface area contributed by atoms with Crippen molar-refractivity contribution in [3.05, 3.63) is 34.7 Å². The standard InChI is InChI=1S/C13H16ClN3O/c1-8-16-13(12(7-15)17(8)2)10-5-4-9(18-3)6-11(10)14/h4-6H,7,15H2,1-3H3. The van der Waals surface area contributed by atoms with Crippen molar-refractivity contribution in [2.24, 2.45) is 12.8 Å². The molecule has 96 valence electrons. The third kappa shape index (κ3) is 2.09. The lowest BCUT2D eigenvalue weighted by atomic mass is 10.1. The highest BCUT2D eigenvalue weighted by atomic mass is 35.5. The van der Waals surface area contributed by atoms with Crippen molar-refractivity contribution >= 4 is 11.6 Å². The molecule has 0 radical (unpaired) electrons. The van der Waals surface area contributed by atoms with Gasteiger partial charge < -0.3 is 15.0 Å². The van der Waals surface area contributed by atoms with Crippen LogP contribution in [0.4, 0.5) is 0 Å². The molecular weight excluding hydrogens is 250 g/mol. The van der Waals surface area contributed by atoms with Crippen LogP contribution in [0.15, 0.2) is 18.2 Å². The van der Waals surface area contributed by atoms with Gasteiger partial charge in [0.25, 0.3) is 0 Å². The maximum atomic E-state index is 6.26. The van der Waals surface area contributed by atoms with Crippen LogP contribution in [0.1, 0.15) is 11.5 Å². The van der Waals surface area contributed by atoms with E-state index < -0.39 is 0 Å². The highest BCUT2D eigenvalue weighted by Crippen LogP contribution is 2.32.